The molecule has 1 fully saturated rings. The van der Waals surface area contributed by atoms with Crippen molar-refractivity contribution in [2.45, 2.75) is 107 Å². The van der Waals surface area contributed by atoms with Gasteiger partial charge in [-0.05, 0) is 25.7 Å². The van der Waals surface area contributed by atoms with Gasteiger partial charge in [-0.3, -0.25) is 9.59 Å². The second-order valence-electron chi connectivity index (χ2n) is 14.3. The van der Waals surface area contributed by atoms with E-state index in [1.807, 2.05) is 0 Å². The molecule has 1 saturated carbocycles. The molecule has 1 aliphatic carbocycles. The fourth-order valence-electron chi connectivity index (χ4n) is 6.10. The molecule has 1 rings (SSSR count). The van der Waals surface area contributed by atoms with E-state index in [2.05, 4.69) is 0 Å². The molecule has 0 heterocycles. The van der Waals surface area contributed by atoms with Gasteiger partial charge in [0.15, 0.2) is 0 Å². The van der Waals surface area contributed by atoms with Gasteiger partial charge < -0.3 is 49.1 Å². The molecule has 0 bridgehead atoms. The molecular formula is C30H44O12-4. The summed E-state index contributed by atoms with van der Waals surface area (Å²) in [6.45, 7) is 13.2. The number of rotatable bonds is 14. The minimum atomic E-state index is -1.56. The van der Waals surface area contributed by atoms with Crippen molar-refractivity contribution < 1.29 is 58.7 Å². The number of ether oxygens (including phenoxy) is 2. The molecule has 0 aromatic carbocycles. The average molecular weight is 597 g/mol. The summed E-state index contributed by atoms with van der Waals surface area (Å²) < 4.78 is 11.6. The number of carbonyl (C=O) groups excluding carboxylic acids is 6. The van der Waals surface area contributed by atoms with Gasteiger partial charge in [0, 0.05) is 83.1 Å². The van der Waals surface area contributed by atoms with Crippen molar-refractivity contribution >= 4 is 35.8 Å². The van der Waals surface area contributed by atoms with E-state index in [4.69, 9.17) is 9.47 Å². The summed E-state index contributed by atoms with van der Waals surface area (Å²) in [7, 11) is 0. The molecule has 0 N–H and O–H groups in total. The van der Waals surface area contributed by atoms with E-state index in [1.165, 1.54) is 55.4 Å². The van der Waals surface area contributed by atoms with E-state index in [1.54, 1.807) is 0 Å². The number of esters is 2. The van der Waals surface area contributed by atoms with Crippen molar-refractivity contribution in [3.8, 4) is 0 Å². The largest absolute Gasteiger partial charge is 0.550 e. The first kappa shape index (κ1) is 36.8. The molecule has 0 radical (unpaired) electrons. The second-order valence-corrected chi connectivity index (χ2v) is 14.3. The monoisotopic (exact) mass is 596 g/mol. The van der Waals surface area contributed by atoms with Gasteiger partial charge in [0.05, 0.1) is 0 Å². The Morgan fingerprint density at radius 3 is 0.738 bits per heavy atom. The van der Waals surface area contributed by atoms with E-state index >= 15 is 0 Å². The number of carboxylic acid groups (broad SMARTS) is 4. The third kappa shape index (κ3) is 8.91. The summed E-state index contributed by atoms with van der Waals surface area (Å²) in [5.41, 5.74) is -6.23. The van der Waals surface area contributed by atoms with Crippen LogP contribution in [-0.2, 0) is 38.2 Å². The Morgan fingerprint density at radius 2 is 0.619 bits per heavy atom. The van der Waals surface area contributed by atoms with Crippen LogP contribution < -0.4 is 20.4 Å². The minimum Gasteiger partial charge on any atom is -0.550 e. The van der Waals surface area contributed by atoms with Crippen molar-refractivity contribution in [2.24, 2.45) is 45.3 Å². The Balaban J connectivity index is 4.20. The normalized spacial score (nSPS) is 25.3. The van der Waals surface area contributed by atoms with E-state index < -0.39 is 93.4 Å². The van der Waals surface area contributed by atoms with Crippen molar-refractivity contribution in [3.63, 3.8) is 0 Å². The smallest absolute Gasteiger partial charge is 0.302 e. The minimum absolute atomic E-state index is 0.238. The highest BCUT2D eigenvalue weighted by atomic mass is 16.6. The molecule has 6 atom stereocenters. The molecule has 0 aromatic heterocycles. The maximum Gasteiger partial charge on any atom is 0.302 e. The molecule has 2 unspecified atom stereocenters. The van der Waals surface area contributed by atoms with E-state index in [9.17, 15) is 49.2 Å². The molecule has 12 heteroatoms. The molecule has 0 amide bonds. The Morgan fingerprint density at radius 1 is 0.452 bits per heavy atom. The summed E-state index contributed by atoms with van der Waals surface area (Å²) in [5.74, 6) is -11.3. The van der Waals surface area contributed by atoms with Crippen LogP contribution in [0, 0.1) is 45.3 Å². The van der Waals surface area contributed by atoms with E-state index in [0.29, 0.717) is 0 Å². The summed E-state index contributed by atoms with van der Waals surface area (Å²) in [6, 6.07) is 0. The Hall–Kier alpha value is -3.18. The molecule has 12 nitrogen and oxygen atoms in total. The molecule has 42 heavy (non-hydrogen) atoms. The lowest BCUT2D eigenvalue weighted by molar-refractivity contribution is -0.324. The highest BCUT2D eigenvalue weighted by Crippen LogP contribution is 2.54. The van der Waals surface area contributed by atoms with Crippen LogP contribution in [0.1, 0.15) is 94.9 Å². The molecule has 0 aromatic rings. The lowest BCUT2D eigenvalue weighted by Crippen LogP contribution is -2.60. The summed E-state index contributed by atoms with van der Waals surface area (Å²) in [5, 5.41) is 48.6. The van der Waals surface area contributed by atoms with E-state index in [0.717, 1.165) is 13.8 Å². The number of hydrogen-bond donors (Lipinski definition) is 0. The van der Waals surface area contributed by atoms with Crippen molar-refractivity contribution in [3.05, 3.63) is 0 Å². The highest BCUT2D eigenvalue weighted by Gasteiger charge is 2.57. The molecule has 1 aliphatic rings. The zero-order chi connectivity index (χ0) is 33.2. The molecule has 240 valence electrons. The first-order valence-electron chi connectivity index (χ1n) is 14.0. The molecule has 0 spiro atoms. The lowest BCUT2D eigenvalue weighted by atomic mass is 9.54. The Kier molecular flexibility index (Phi) is 11.4. The van der Waals surface area contributed by atoms with Gasteiger partial charge in [-0.15, -0.1) is 0 Å². The summed E-state index contributed by atoms with van der Waals surface area (Å²) >= 11 is 0. The number of carbonyl (C=O) groups is 6. The Bertz CT molecular complexity index is 918. The SMILES string of the molecule is CC(=O)OC1[C@@H](CC(C)(C)C(=O)[O-])[C@H](CC(C)(C)C(=O)[O-])C(OC(C)=O)[C@H](CC(C)(C)C(=O)[O-])[C@H]1CC(C)(C)C(=O)[O-]. The molecule has 0 aliphatic heterocycles. The van der Waals surface area contributed by atoms with Crippen LogP contribution in [0.5, 0.6) is 0 Å². The van der Waals surface area contributed by atoms with Gasteiger partial charge in [-0.1, -0.05) is 55.4 Å². The average Bonchev–Trinajstić information content (AvgIpc) is 2.79. The predicted octanol–water partition coefficient (Wildman–Crippen LogP) is -1.01. The maximum atomic E-state index is 12.5. The van der Waals surface area contributed by atoms with Crippen molar-refractivity contribution in [1.29, 1.82) is 0 Å². The maximum absolute atomic E-state index is 12.5. The topological polar surface area (TPSA) is 213 Å². The standard InChI is InChI=1S/C30H48O12/c1-15(31)41-21-17(11-27(3,4)23(33)34)19(13-29(7,8)25(37)38)22(42-16(2)32)20(14-30(9,10)26(39)40)18(21)12-28(5,6)24(35)36/h17-22H,11-14H2,1-10H3,(H,33,34)(H,35,36)(H,37,38)(H,39,40)/p-4/t17-,18+,19-,20+,21?,22?. The molecule has 0 saturated heterocycles. The number of hydrogen-bond acceptors (Lipinski definition) is 12. The van der Waals surface area contributed by atoms with Crippen LogP contribution in [0.25, 0.3) is 0 Å². The quantitative estimate of drug-likeness (QED) is 0.221. The van der Waals surface area contributed by atoms with Gasteiger partial charge >= 0.3 is 11.9 Å². The zero-order valence-electron chi connectivity index (χ0n) is 26.2. The van der Waals surface area contributed by atoms with E-state index in [-0.39, 0.29) is 25.7 Å². The predicted molar refractivity (Wildman–Crippen MR) is 139 cm³/mol. The van der Waals surface area contributed by atoms with Gasteiger partial charge in [-0.2, -0.15) is 0 Å². The fraction of sp³-hybridized carbons (Fsp3) is 0.800. The van der Waals surface area contributed by atoms with Crippen molar-refractivity contribution in [1.82, 2.24) is 0 Å². The summed E-state index contributed by atoms with van der Waals surface area (Å²) in [6.07, 6.45) is -3.40. The molecular weight excluding hydrogens is 552 g/mol. The van der Waals surface area contributed by atoms with Crippen LogP contribution in [0.15, 0.2) is 0 Å². The van der Waals surface area contributed by atoms with Crippen LogP contribution in [0.3, 0.4) is 0 Å². The van der Waals surface area contributed by atoms with Crippen LogP contribution in [0.2, 0.25) is 0 Å². The first-order chi connectivity index (χ1) is 18.8. The van der Waals surface area contributed by atoms with Gasteiger partial charge in [0.25, 0.3) is 0 Å². The number of aliphatic carboxylic acids is 4. The second kappa shape index (κ2) is 13.0. The third-order valence-electron chi connectivity index (χ3n) is 8.59. The summed E-state index contributed by atoms with van der Waals surface area (Å²) in [4.78, 5) is 73.5. The highest BCUT2D eigenvalue weighted by molar-refractivity contribution is 5.73. The third-order valence-corrected chi connectivity index (χ3v) is 8.59. The first-order valence-corrected chi connectivity index (χ1v) is 14.0. The lowest BCUT2D eigenvalue weighted by Gasteiger charge is -2.55. The van der Waals surface area contributed by atoms with Gasteiger partial charge in [0.1, 0.15) is 12.2 Å². The van der Waals surface area contributed by atoms with Crippen LogP contribution >= 0.6 is 0 Å². The Labute approximate surface area is 247 Å². The zero-order valence-corrected chi connectivity index (χ0v) is 26.2. The van der Waals surface area contributed by atoms with Crippen LogP contribution in [0.4, 0.5) is 0 Å². The fourth-order valence-corrected chi connectivity index (χ4v) is 6.10. The van der Waals surface area contributed by atoms with Crippen LogP contribution in [-0.4, -0.2) is 48.0 Å². The number of carboxylic acids is 4. The van der Waals surface area contributed by atoms with Gasteiger partial charge in [-0.25, -0.2) is 0 Å². The van der Waals surface area contributed by atoms with Gasteiger partial charge in [0.2, 0.25) is 0 Å². The van der Waals surface area contributed by atoms with Crippen molar-refractivity contribution in [2.75, 3.05) is 0 Å².